The molecule has 2 N–H and O–H groups in total. The normalized spacial score (nSPS) is 12.5. The third kappa shape index (κ3) is 4.22. The van der Waals surface area contributed by atoms with Crippen LogP contribution in [0.25, 0.3) is 10.8 Å². The molecule has 2 rings (SSSR count). The number of benzene rings is 2. The zero-order valence-electron chi connectivity index (χ0n) is 12.0. The molecule has 0 aliphatic heterocycles. The number of rotatable bonds is 8. The summed E-state index contributed by atoms with van der Waals surface area (Å²) in [5.41, 5.74) is 0. The summed E-state index contributed by atoms with van der Waals surface area (Å²) in [4.78, 5) is 0. The maximum atomic E-state index is 9.08. The van der Waals surface area contributed by atoms with Crippen molar-refractivity contribution in [2.75, 3.05) is 19.8 Å². The Labute approximate surface area is 120 Å². The maximum absolute atomic E-state index is 9.08. The molecular weight excluding hydrogens is 250 g/mol. The molecule has 0 aromatic heterocycles. The SMILES string of the molecule is CCCNC(CCO)COc1ccc2ccccc2c1. The van der Waals surface area contributed by atoms with E-state index >= 15 is 0 Å². The highest BCUT2D eigenvalue weighted by molar-refractivity contribution is 5.83. The van der Waals surface area contributed by atoms with Crippen LogP contribution in [0.1, 0.15) is 19.8 Å². The lowest BCUT2D eigenvalue weighted by molar-refractivity contribution is 0.214. The van der Waals surface area contributed by atoms with Gasteiger partial charge in [0.25, 0.3) is 0 Å². The van der Waals surface area contributed by atoms with Crippen LogP contribution in [0.15, 0.2) is 42.5 Å². The van der Waals surface area contributed by atoms with Gasteiger partial charge in [0.15, 0.2) is 0 Å². The van der Waals surface area contributed by atoms with Gasteiger partial charge in [-0.3, -0.25) is 0 Å². The lowest BCUT2D eigenvalue weighted by Gasteiger charge is -2.18. The molecule has 0 aliphatic carbocycles. The van der Waals surface area contributed by atoms with Gasteiger partial charge in [-0.15, -0.1) is 0 Å². The number of aliphatic hydroxyl groups is 1. The molecule has 20 heavy (non-hydrogen) atoms. The van der Waals surface area contributed by atoms with Crippen molar-refractivity contribution >= 4 is 10.8 Å². The number of ether oxygens (including phenoxy) is 1. The van der Waals surface area contributed by atoms with Crippen LogP contribution in [0.4, 0.5) is 0 Å². The molecule has 0 radical (unpaired) electrons. The summed E-state index contributed by atoms with van der Waals surface area (Å²) in [7, 11) is 0. The molecule has 3 heteroatoms. The Bertz CT molecular complexity index is 527. The third-order valence-corrected chi connectivity index (χ3v) is 3.33. The summed E-state index contributed by atoms with van der Waals surface area (Å²) in [6, 6.07) is 14.6. The van der Waals surface area contributed by atoms with Crippen LogP contribution in [0.3, 0.4) is 0 Å². The van der Waals surface area contributed by atoms with Crippen LogP contribution < -0.4 is 10.1 Å². The Hall–Kier alpha value is -1.58. The van der Waals surface area contributed by atoms with Crippen molar-refractivity contribution in [2.24, 2.45) is 0 Å². The first-order valence-electron chi connectivity index (χ1n) is 7.29. The van der Waals surface area contributed by atoms with Gasteiger partial charge in [-0.25, -0.2) is 0 Å². The molecule has 1 atom stereocenters. The molecular formula is C17H23NO2. The van der Waals surface area contributed by atoms with Crippen molar-refractivity contribution in [3.8, 4) is 5.75 Å². The fourth-order valence-electron chi connectivity index (χ4n) is 2.20. The molecule has 0 saturated heterocycles. The predicted octanol–water partition coefficient (Wildman–Crippen LogP) is 2.97. The van der Waals surface area contributed by atoms with Crippen LogP contribution in [0.5, 0.6) is 5.75 Å². The maximum Gasteiger partial charge on any atom is 0.120 e. The Morgan fingerprint density at radius 3 is 2.70 bits per heavy atom. The first kappa shape index (κ1) is 14.8. The summed E-state index contributed by atoms with van der Waals surface area (Å²) in [5, 5.41) is 14.9. The second-order valence-electron chi connectivity index (χ2n) is 4.98. The van der Waals surface area contributed by atoms with Crippen LogP contribution in [-0.2, 0) is 0 Å². The van der Waals surface area contributed by atoms with Gasteiger partial charge < -0.3 is 15.2 Å². The van der Waals surface area contributed by atoms with E-state index in [-0.39, 0.29) is 12.6 Å². The first-order valence-corrected chi connectivity index (χ1v) is 7.29. The lowest BCUT2D eigenvalue weighted by atomic mass is 10.1. The lowest BCUT2D eigenvalue weighted by Crippen LogP contribution is -2.36. The highest BCUT2D eigenvalue weighted by Crippen LogP contribution is 2.20. The molecule has 1 unspecified atom stereocenters. The minimum Gasteiger partial charge on any atom is -0.492 e. The smallest absolute Gasteiger partial charge is 0.120 e. The van der Waals surface area contributed by atoms with E-state index in [1.165, 1.54) is 10.8 Å². The average Bonchev–Trinajstić information content (AvgIpc) is 2.50. The van der Waals surface area contributed by atoms with Gasteiger partial charge in [0.1, 0.15) is 12.4 Å². The monoisotopic (exact) mass is 273 g/mol. The molecule has 0 bridgehead atoms. The highest BCUT2D eigenvalue weighted by Gasteiger charge is 2.08. The van der Waals surface area contributed by atoms with E-state index in [4.69, 9.17) is 9.84 Å². The molecule has 0 spiro atoms. The molecule has 3 nitrogen and oxygen atoms in total. The Morgan fingerprint density at radius 2 is 1.95 bits per heavy atom. The van der Waals surface area contributed by atoms with Gasteiger partial charge in [-0.2, -0.15) is 0 Å². The quantitative estimate of drug-likeness (QED) is 0.777. The van der Waals surface area contributed by atoms with Crippen molar-refractivity contribution in [3.63, 3.8) is 0 Å². The van der Waals surface area contributed by atoms with Gasteiger partial charge in [0.2, 0.25) is 0 Å². The second kappa shape index (κ2) is 7.88. The minimum absolute atomic E-state index is 0.183. The van der Waals surface area contributed by atoms with E-state index in [1.807, 2.05) is 18.2 Å². The molecule has 108 valence electrons. The second-order valence-corrected chi connectivity index (χ2v) is 4.98. The zero-order chi connectivity index (χ0) is 14.2. The number of nitrogens with one attached hydrogen (secondary N) is 1. The summed E-state index contributed by atoms with van der Waals surface area (Å²) in [5.74, 6) is 0.880. The molecule has 0 amide bonds. The number of hydrogen-bond donors (Lipinski definition) is 2. The average molecular weight is 273 g/mol. The highest BCUT2D eigenvalue weighted by atomic mass is 16.5. The fraction of sp³-hybridized carbons (Fsp3) is 0.412. The number of hydrogen-bond acceptors (Lipinski definition) is 3. The van der Waals surface area contributed by atoms with E-state index in [9.17, 15) is 0 Å². The van der Waals surface area contributed by atoms with Crippen LogP contribution in [-0.4, -0.2) is 30.9 Å². The van der Waals surface area contributed by atoms with Crippen molar-refractivity contribution in [1.29, 1.82) is 0 Å². The van der Waals surface area contributed by atoms with Crippen molar-refractivity contribution in [2.45, 2.75) is 25.8 Å². The molecule has 2 aromatic rings. The van der Waals surface area contributed by atoms with Crippen LogP contribution in [0.2, 0.25) is 0 Å². The van der Waals surface area contributed by atoms with E-state index in [0.717, 1.165) is 18.7 Å². The van der Waals surface area contributed by atoms with E-state index in [2.05, 4.69) is 36.5 Å². The van der Waals surface area contributed by atoms with Gasteiger partial charge in [0, 0.05) is 12.6 Å². The van der Waals surface area contributed by atoms with Crippen molar-refractivity contribution in [1.82, 2.24) is 5.32 Å². The Morgan fingerprint density at radius 1 is 1.15 bits per heavy atom. The minimum atomic E-state index is 0.183. The Balaban J connectivity index is 1.96. The molecule has 0 aliphatic rings. The number of fused-ring (bicyclic) bond motifs is 1. The Kier molecular flexibility index (Phi) is 5.84. The third-order valence-electron chi connectivity index (χ3n) is 3.33. The molecule has 0 fully saturated rings. The summed E-state index contributed by atoms with van der Waals surface area (Å²) < 4.78 is 5.85. The molecule has 0 heterocycles. The summed E-state index contributed by atoms with van der Waals surface area (Å²) in [6.45, 7) is 3.85. The fourth-order valence-corrected chi connectivity index (χ4v) is 2.20. The standard InChI is InChI=1S/C17H23NO2/c1-2-10-18-16(9-11-19)13-20-17-8-7-14-5-3-4-6-15(14)12-17/h3-8,12,16,18-19H,2,9-11,13H2,1H3. The van der Waals surface area contributed by atoms with E-state index in [1.54, 1.807) is 0 Å². The van der Waals surface area contributed by atoms with Crippen molar-refractivity contribution in [3.05, 3.63) is 42.5 Å². The van der Waals surface area contributed by atoms with Crippen LogP contribution >= 0.6 is 0 Å². The summed E-state index contributed by atoms with van der Waals surface area (Å²) in [6.07, 6.45) is 1.80. The van der Waals surface area contributed by atoms with E-state index < -0.39 is 0 Å². The van der Waals surface area contributed by atoms with Gasteiger partial charge in [-0.05, 0) is 42.3 Å². The van der Waals surface area contributed by atoms with E-state index in [0.29, 0.717) is 13.0 Å². The van der Waals surface area contributed by atoms with Gasteiger partial charge in [0.05, 0.1) is 0 Å². The van der Waals surface area contributed by atoms with Crippen LogP contribution in [0, 0.1) is 0 Å². The van der Waals surface area contributed by atoms with Crippen molar-refractivity contribution < 1.29 is 9.84 Å². The summed E-state index contributed by atoms with van der Waals surface area (Å²) >= 11 is 0. The largest absolute Gasteiger partial charge is 0.492 e. The molecule has 2 aromatic carbocycles. The molecule has 0 saturated carbocycles. The van der Waals surface area contributed by atoms with Gasteiger partial charge in [-0.1, -0.05) is 37.3 Å². The first-order chi connectivity index (χ1) is 9.83. The predicted molar refractivity (Wildman–Crippen MR) is 83.2 cm³/mol. The topological polar surface area (TPSA) is 41.5 Å². The van der Waals surface area contributed by atoms with Gasteiger partial charge >= 0.3 is 0 Å². The number of aliphatic hydroxyl groups excluding tert-OH is 1. The zero-order valence-corrected chi connectivity index (χ0v) is 12.0.